The van der Waals surface area contributed by atoms with Crippen LogP contribution in [0.1, 0.15) is 175 Å². The van der Waals surface area contributed by atoms with E-state index >= 15 is 0 Å². The lowest BCUT2D eigenvalue weighted by Crippen LogP contribution is -1.93. The van der Waals surface area contributed by atoms with Gasteiger partial charge in [0.25, 0.3) is 0 Å². The molecule has 30 heavy (non-hydrogen) atoms. The van der Waals surface area contributed by atoms with E-state index in [1.807, 2.05) is 0 Å². The highest BCUT2D eigenvalue weighted by molar-refractivity contribution is 5.66. The van der Waals surface area contributed by atoms with Gasteiger partial charge in [-0.25, -0.2) is 0 Å². The predicted molar refractivity (Wildman–Crippen MR) is 135 cm³/mol. The molecule has 0 fully saturated rings. The molecule has 0 unspecified atom stereocenters. The van der Waals surface area contributed by atoms with Gasteiger partial charge in [0.1, 0.15) is 0 Å². The van der Waals surface area contributed by atoms with Crippen LogP contribution in [-0.4, -0.2) is 11.1 Å². The van der Waals surface area contributed by atoms with E-state index in [0.717, 1.165) is 12.8 Å². The molecular weight excluding hydrogens is 368 g/mol. The van der Waals surface area contributed by atoms with Gasteiger partial charge in [0.2, 0.25) is 0 Å². The molecule has 0 rings (SSSR count). The molecule has 1 N–H and O–H groups in total. The molecule has 0 aliphatic rings. The van der Waals surface area contributed by atoms with E-state index in [2.05, 4.69) is 20.8 Å². The van der Waals surface area contributed by atoms with Crippen molar-refractivity contribution in [2.45, 2.75) is 175 Å². The molecule has 0 spiro atoms. The van der Waals surface area contributed by atoms with Crippen molar-refractivity contribution in [2.24, 2.45) is 0 Å². The van der Waals surface area contributed by atoms with Crippen LogP contribution in [-0.2, 0) is 4.79 Å². The maximum absolute atomic E-state index is 10.3. The fourth-order valence-corrected chi connectivity index (χ4v) is 3.85. The Bertz CT molecular complexity index is 291. The summed E-state index contributed by atoms with van der Waals surface area (Å²) in [4.78, 5) is 10.3. The Morgan fingerprint density at radius 2 is 0.600 bits per heavy atom. The van der Waals surface area contributed by atoms with Gasteiger partial charge in [-0.2, -0.15) is 0 Å². The molecule has 0 heterocycles. The summed E-state index contributed by atoms with van der Waals surface area (Å²) in [5.41, 5.74) is 0. The zero-order valence-corrected chi connectivity index (χ0v) is 21.3. The Balaban J connectivity index is 0. The van der Waals surface area contributed by atoms with Crippen LogP contribution >= 0.6 is 0 Å². The largest absolute Gasteiger partial charge is 0.481 e. The summed E-state index contributed by atoms with van der Waals surface area (Å²) < 4.78 is 0. The van der Waals surface area contributed by atoms with E-state index in [9.17, 15) is 4.79 Å². The second kappa shape index (κ2) is 30.7. The highest BCUT2D eigenvalue weighted by atomic mass is 16.4. The lowest BCUT2D eigenvalue weighted by atomic mass is 10.0. The van der Waals surface area contributed by atoms with Gasteiger partial charge in [-0.15, -0.1) is 0 Å². The van der Waals surface area contributed by atoms with E-state index in [0.29, 0.717) is 6.42 Å². The van der Waals surface area contributed by atoms with Gasteiger partial charge in [-0.1, -0.05) is 162 Å². The van der Waals surface area contributed by atoms with Crippen LogP contribution in [0.3, 0.4) is 0 Å². The van der Waals surface area contributed by atoms with Gasteiger partial charge in [0.15, 0.2) is 0 Å². The van der Waals surface area contributed by atoms with Crippen LogP contribution in [0.5, 0.6) is 0 Å². The first-order valence-electron chi connectivity index (χ1n) is 13.9. The topological polar surface area (TPSA) is 37.3 Å². The Labute approximate surface area is 191 Å². The maximum atomic E-state index is 10.3. The van der Waals surface area contributed by atoms with Crippen molar-refractivity contribution in [1.82, 2.24) is 0 Å². The maximum Gasteiger partial charge on any atom is 0.303 e. The van der Waals surface area contributed by atoms with E-state index in [1.54, 1.807) is 0 Å². The molecule has 2 nitrogen and oxygen atoms in total. The van der Waals surface area contributed by atoms with Crippen molar-refractivity contribution in [3.8, 4) is 0 Å². The average Bonchev–Trinajstić information content (AvgIpc) is 2.74. The van der Waals surface area contributed by atoms with Crippen LogP contribution in [0.4, 0.5) is 0 Å². The summed E-state index contributed by atoms with van der Waals surface area (Å²) in [6, 6.07) is 0. The first-order valence-corrected chi connectivity index (χ1v) is 13.9. The third kappa shape index (κ3) is 34.9. The smallest absolute Gasteiger partial charge is 0.303 e. The minimum Gasteiger partial charge on any atom is -0.481 e. The van der Waals surface area contributed by atoms with Crippen molar-refractivity contribution < 1.29 is 9.90 Å². The molecule has 0 aliphatic heterocycles. The molecule has 0 radical (unpaired) electrons. The van der Waals surface area contributed by atoms with Crippen molar-refractivity contribution in [1.29, 1.82) is 0 Å². The predicted octanol–water partition coefficient (Wildman–Crippen LogP) is 10.5. The molecule has 0 bridgehead atoms. The quantitative estimate of drug-likeness (QED) is 0.165. The van der Waals surface area contributed by atoms with Gasteiger partial charge < -0.3 is 5.11 Å². The van der Waals surface area contributed by atoms with Crippen LogP contribution in [0.25, 0.3) is 0 Å². The van der Waals surface area contributed by atoms with E-state index in [4.69, 9.17) is 5.11 Å². The number of carboxylic acids is 1. The molecule has 0 aliphatic carbocycles. The van der Waals surface area contributed by atoms with Gasteiger partial charge in [0, 0.05) is 6.42 Å². The third-order valence-electron chi connectivity index (χ3n) is 5.95. The van der Waals surface area contributed by atoms with Gasteiger partial charge >= 0.3 is 5.97 Å². The van der Waals surface area contributed by atoms with Gasteiger partial charge in [-0.05, 0) is 6.42 Å². The monoisotopic (exact) mass is 426 g/mol. The van der Waals surface area contributed by atoms with Crippen molar-refractivity contribution in [3.05, 3.63) is 0 Å². The number of hydrogen-bond donors (Lipinski definition) is 1. The fourth-order valence-electron chi connectivity index (χ4n) is 3.85. The van der Waals surface area contributed by atoms with Crippen LogP contribution in [0.15, 0.2) is 0 Å². The number of rotatable bonds is 23. The highest BCUT2D eigenvalue weighted by Gasteiger charge is 1.97. The van der Waals surface area contributed by atoms with Crippen molar-refractivity contribution >= 4 is 5.97 Å². The molecule has 0 amide bonds. The average molecular weight is 427 g/mol. The van der Waals surface area contributed by atoms with E-state index < -0.39 is 5.97 Å². The first kappa shape index (κ1) is 31.7. The van der Waals surface area contributed by atoms with Crippen LogP contribution < -0.4 is 0 Å². The summed E-state index contributed by atoms with van der Waals surface area (Å²) in [6.45, 7) is 6.82. The Kier molecular flexibility index (Phi) is 32.4. The Morgan fingerprint density at radius 3 is 0.800 bits per heavy atom. The molecule has 0 aromatic carbocycles. The molecule has 2 heteroatoms. The van der Waals surface area contributed by atoms with E-state index in [1.165, 1.54) is 135 Å². The van der Waals surface area contributed by atoms with Crippen molar-refractivity contribution in [2.75, 3.05) is 0 Å². The SMILES string of the molecule is CCCCCCCCCCCC.CCCCCCCCCCCCCCCC(=O)O. The number of aliphatic carboxylic acids is 1. The minimum absolute atomic E-state index is 0.345. The number of hydrogen-bond acceptors (Lipinski definition) is 1. The lowest BCUT2D eigenvalue weighted by Gasteiger charge is -2.02. The van der Waals surface area contributed by atoms with E-state index in [-0.39, 0.29) is 0 Å². The fraction of sp³-hybridized carbons (Fsp3) is 0.964. The number of unbranched alkanes of at least 4 members (excludes halogenated alkanes) is 21. The Hall–Kier alpha value is -0.530. The molecule has 0 aromatic heterocycles. The normalized spacial score (nSPS) is 10.6. The minimum atomic E-state index is -0.655. The van der Waals surface area contributed by atoms with Crippen LogP contribution in [0.2, 0.25) is 0 Å². The summed E-state index contributed by atoms with van der Waals surface area (Å²) >= 11 is 0. The standard InChI is InChI=1S/C16H32O2.C12H26/c1-2-3-4-5-6-7-8-9-10-11-12-13-14-15-16(17)18;1-3-5-7-9-11-12-10-8-6-4-2/h2-15H2,1H3,(H,17,18);3-12H2,1-2H3. The summed E-state index contributed by atoms with van der Waals surface area (Å²) in [6.07, 6.45) is 31.7. The zero-order chi connectivity index (χ0) is 22.5. The van der Waals surface area contributed by atoms with Gasteiger partial charge in [0.05, 0.1) is 0 Å². The number of carboxylic acid groups (broad SMARTS) is 1. The molecule has 0 saturated heterocycles. The second-order valence-corrected chi connectivity index (χ2v) is 9.21. The lowest BCUT2D eigenvalue weighted by molar-refractivity contribution is -0.137. The summed E-state index contributed by atoms with van der Waals surface area (Å²) in [7, 11) is 0. The molecule has 182 valence electrons. The third-order valence-corrected chi connectivity index (χ3v) is 5.95. The molecule has 0 atom stereocenters. The Morgan fingerprint density at radius 1 is 0.400 bits per heavy atom. The molecule has 0 saturated carbocycles. The van der Waals surface area contributed by atoms with Gasteiger partial charge in [-0.3, -0.25) is 4.79 Å². The van der Waals surface area contributed by atoms with Crippen molar-refractivity contribution in [3.63, 3.8) is 0 Å². The molecular formula is C28H58O2. The second-order valence-electron chi connectivity index (χ2n) is 9.21. The summed E-state index contributed by atoms with van der Waals surface area (Å²) in [5.74, 6) is -0.655. The number of carbonyl (C=O) groups is 1. The molecule has 0 aromatic rings. The summed E-state index contributed by atoms with van der Waals surface area (Å²) in [5, 5.41) is 8.49. The highest BCUT2D eigenvalue weighted by Crippen LogP contribution is 2.13. The zero-order valence-electron chi connectivity index (χ0n) is 21.3. The van der Waals surface area contributed by atoms with Crippen LogP contribution in [0, 0.1) is 0 Å². The first-order chi connectivity index (χ1) is 14.7.